The van der Waals surface area contributed by atoms with Gasteiger partial charge in [-0.05, 0) is 6.26 Å². The first-order chi connectivity index (χ1) is 3.27. The molecule has 1 unspecified atom stereocenters. The second-order valence-corrected chi connectivity index (χ2v) is 3.81. The molecule has 0 aromatic carbocycles. The van der Waals surface area contributed by atoms with E-state index >= 15 is 0 Å². The average molecular weight is 138 g/mol. The molecular formula is C4H10OS2. The number of thioether (sulfide) groups is 1. The molecule has 0 amide bonds. The van der Waals surface area contributed by atoms with Crippen LogP contribution in [0.25, 0.3) is 0 Å². The van der Waals surface area contributed by atoms with Gasteiger partial charge in [-0.1, -0.05) is 0 Å². The molecule has 0 saturated heterocycles. The summed E-state index contributed by atoms with van der Waals surface area (Å²) in [5, 5.41) is 0. The maximum absolute atomic E-state index is 10.3. The van der Waals surface area contributed by atoms with E-state index in [1.54, 1.807) is 18.0 Å². The standard InChI is InChI=1S/C4H10OS2/c1-6-3-4-7(2)5/h3-4H2,1-2H3. The summed E-state index contributed by atoms with van der Waals surface area (Å²) >= 11 is 1.74. The smallest absolute Gasteiger partial charge is 0.0322 e. The SMILES string of the molecule is CSCCS(C)=O. The van der Waals surface area contributed by atoms with Crippen LogP contribution in [0.2, 0.25) is 0 Å². The molecule has 0 rings (SSSR count). The van der Waals surface area contributed by atoms with E-state index in [0.717, 1.165) is 11.5 Å². The minimum Gasteiger partial charge on any atom is -0.260 e. The van der Waals surface area contributed by atoms with E-state index in [1.807, 2.05) is 6.26 Å². The molecule has 0 fully saturated rings. The zero-order valence-electron chi connectivity index (χ0n) is 4.64. The lowest BCUT2D eigenvalue weighted by atomic mass is 11.0. The summed E-state index contributed by atoms with van der Waals surface area (Å²) < 4.78 is 10.3. The summed E-state index contributed by atoms with van der Waals surface area (Å²) in [6, 6.07) is 0. The Hall–Kier alpha value is 0.500. The molecule has 0 aromatic rings. The number of hydrogen-bond acceptors (Lipinski definition) is 2. The van der Waals surface area contributed by atoms with Crippen LogP contribution in [-0.4, -0.2) is 28.2 Å². The molecule has 0 aliphatic carbocycles. The van der Waals surface area contributed by atoms with Crippen LogP contribution in [0.15, 0.2) is 0 Å². The predicted octanol–water partition coefficient (Wildman–Crippen LogP) is 0.728. The predicted molar refractivity (Wildman–Crippen MR) is 37.3 cm³/mol. The molecule has 0 saturated carbocycles. The van der Waals surface area contributed by atoms with Crippen LogP contribution in [0.5, 0.6) is 0 Å². The molecule has 0 aliphatic heterocycles. The van der Waals surface area contributed by atoms with Gasteiger partial charge in [-0.25, -0.2) is 0 Å². The molecule has 1 atom stereocenters. The molecule has 0 aliphatic rings. The van der Waals surface area contributed by atoms with Gasteiger partial charge in [-0.3, -0.25) is 4.21 Å². The van der Waals surface area contributed by atoms with Gasteiger partial charge in [0.1, 0.15) is 0 Å². The Bertz CT molecular complexity index is 62.7. The van der Waals surface area contributed by atoms with Crippen LogP contribution < -0.4 is 0 Å². The van der Waals surface area contributed by atoms with Crippen LogP contribution in [0.1, 0.15) is 0 Å². The van der Waals surface area contributed by atoms with Crippen LogP contribution >= 0.6 is 11.8 Å². The van der Waals surface area contributed by atoms with E-state index in [-0.39, 0.29) is 0 Å². The van der Waals surface area contributed by atoms with Crippen LogP contribution in [0.3, 0.4) is 0 Å². The lowest BCUT2D eigenvalue weighted by molar-refractivity contribution is 0.687. The number of rotatable bonds is 3. The van der Waals surface area contributed by atoms with Crippen molar-refractivity contribution >= 4 is 22.6 Å². The van der Waals surface area contributed by atoms with Gasteiger partial charge in [0.05, 0.1) is 0 Å². The second kappa shape index (κ2) is 4.65. The summed E-state index contributed by atoms with van der Waals surface area (Å²) in [7, 11) is -0.586. The Morgan fingerprint density at radius 2 is 2.29 bits per heavy atom. The first-order valence-corrected chi connectivity index (χ1v) is 5.18. The minimum absolute atomic E-state index is 0.586. The lowest BCUT2D eigenvalue weighted by Crippen LogP contribution is -1.95. The van der Waals surface area contributed by atoms with Crippen molar-refractivity contribution in [3.8, 4) is 0 Å². The molecule has 1 nitrogen and oxygen atoms in total. The van der Waals surface area contributed by atoms with Crippen molar-refractivity contribution in [2.24, 2.45) is 0 Å². The lowest BCUT2D eigenvalue weighted by Gasteiger charge is -1.88. The minimum atomic E-state index is -0.586. The van der Waals surface area contributed by atoms with Gasteiger partial charge in [0.2, 0.25) is 0 Å². The van der Waals surface area contributed by atoms with Crippen LogP contribution in [0, 0.1) is 0 Å². The van der Waals surface area contributed by atoms with Crippen molar-refractivity contribution in [2.75, 3.05) is 24.0 Å². The number of hydrogen-bond donors (Lipinski definition) is 0. The Kier molecular flexibility index (Phi) is 4.99. The third-order valence-electron chi connectivity index (χ3n) is 0.575. The van der Waals surface area contributed by atoms with Gasteiger partial charge >= 0.3 is 0 Å². The third-order valence-corrected chi connectivity index (χ3v) is 2.22. The second-order valence-electron chi connectivity index (χ2n) is 1.27. The molecule has 0 bridgehead atoms. The Morgan fingerprint density at radius 3 is 2.43 bits per heavy atom. The molecule has 7 heavy (non-hydrogen) atoms. The van der Waals surface area contributed by atoms with E-state index < -0.39 is 10.8 Å². The quantitative estimate of drug-likeness (QED) is 0.572. The zero-order chi connectivity index (χ0) is 5.70. The molecule has 0 radical (unpaired) electrons. The van der Waals surface area contributed by atoms with E-state index in [9.17, 15) is 4.21 Å². The largest absolute Gasteiger partial charge is 0.260 e. The summed E-state index contributed by atoms with van der Waals surface area (Å²) in [5.74, 6) is 1.85. The van der Waals surface area contributed by atoms with Gasteiger partial charge in [0.15, 0.2) is 0 Å². The maximum Gasteiger partial charge on any atom is 0.0322 e. The van der Waals surface area contributed by atoms with Crippen molar-refractivity contribution < 1.29 is 4.21 Å². The highest BCUT2D eigenvalue weighted by molar-refractivity contribution is 7.99. The van der Waals surface area contributed by atoms with Crippen LogP contribution in [0.4, 0.5) is 0 Å². The van der Waals surface area contributed by atoms with Crippen molar-refractivity contribution in [1.82, 2.24) is 0 Å². The fourth-order valence-corrected chi connectivity index (χ4v) is 1.81. The highest BCUT2D eigenvalue weighted by atomic mass is 32.2. The van der Waals surface area contributed by atoms with E-state index in [2.05, 4.69) is 0 Å². The van der Waals surface area contributed by atoms with Crippen molar-refractivity contribution in [1.29, 1.82) is 0 Å². The molecule has 0 heterocycles. The summed E-state index contributed by atoms with van der Waals surface area (Å²) in [4.78, 5) is 0. The molecule has 44 valence electrons. The van der Waals surface area contributed by atoms with Gasteiger partial charge in [-0.2, -0.15) is 11.8 Å². The van der Waals surface area contributed by atoms with E-state index in [1.165, 1.54) is 0 Å². The van der Waals surface area contributed by atoms with Gasteiger partial charge in [0, 0.05) is 28.6 Å². The van der Waals surface area contributed by atoms with Gasteiger partial charge in [-0.15, -0.1) is 0 Å². The normalized spacial score (nSPS) is 14.0. The van der Waals surface area contributed by atoms with E-state index in [4.69, 9.17) is 0 Å². The molecule has 0 N–H and O–H groups in total. The highest BCUT2D eigenvalue weighted by Gasteiger charge is 1.85. The average Bonchev–Trinajstić information content (AvgIpc) is 1.61. The highest BCUT2D eigenvalue weighted by Crippen LogP contribution is 1.90. The fourth-order valence-electron chi connectivity index (χ4n) is 0.201. The third kappa shape index (κ3) is 6.50. The Morgan fingerprint density at radius 1 is 1.71 bits per heavy atom. The Labute approximate surface area is 51.3 Å². The van der Waals surface area contributed by atoms with Gasteiger partial charge in [0.25, 0.3) is 0 Å². The zero-order valence-corrected chi connectivity index (χ0v) is 6.27. The molecule has 0 aromatic heterocycles. The van der Waals surface area contributed by atoms with Crippen molar-refractivity contribution in [3.05, 3.63) is 0 Å². The van der Waals surface area contributed by atoms with E-state index in [0.29, 0.717) is 0 Å². The molecule has 0 spiro atoms. The fraction of sp³-hybridized carbons (Fsp3) is 1.00. The van der Waals surface area contributed by atoms with Gasteiger partial charge < -0.3 is 0 Å². The summed E-state index contributed by atoms with van der Waals surface area (Å²) in [6.45, 7) is 0. The molecule has 3 heteroatoms. The van der Waals surface area contributed by atoms with Crippen LogP contribution in [-0.2, 0) is 10.8 Å². The van der Waals surface area contributed by atoms with Crippen molar-refractivity contribution in [2.45, 2.75) is 0 Å². The summed E-state index contributed by atoms with van der Waals surface area (Å²) in [5.41, 5.74) is 0. The maximum atomic E-state index is 10.3. The topological polar surface area (TPSA) is 17.1 Å². The van der Waals surface area contributed by atoms with Crippen molar-refractivity contribution in [3.63, 3.8) is 0 Å². The summed E-state index contributed by atoms with van der Waals surface area (Å²) in [6.07, 6.45) is 3.75. The monoisotopic (exact) mass is 138 g/mol. The first-order valence-electron chi connectivity index (χ1n) is 2.06. The molecular weight excluding hydrogens is 128 g/mol. The first kappa shape index (κ1) is 7.50. The Balaban J connectivity index is 2.82.